The van der Waals surface area contributed by atoms with Crippen molar-refractivity contribution in [3.63, 3.8) is 0 Å². The third-order valence-corrected chi connectivity index (χ3v) is 5.78. The van der Waals surface area contributed by atoms with Gasteiger partial charge in [-0.15, -0.1) is 0 Å². The zero-order valence-electron chi connectivity index (χ0n) is 15.1. The van der Waals surface area contributed by atoms with Gasteiger partial charge in [0.05, 0.1) is 5.69 Å². The molecule has 1 heteroatoms. The van der Waals surface area contributed by atoms with Crippen molar-refractivity contribution < 1.29 is 0 Å². The summed E-state index contributed by atoms with van der Waals surface area (Å²) in [6, 6.07) is 8.85. The van der Waals surface area contributed by atoms with E-state index in [-0.39, 0.29) is 5.41 Å². The summed E-state index contributed by atoms with van der Waals surface area (Å²) in [6.07, 6.45) is 11.1. The summed E-state index contributed by atoms with van der Waals surface area (Å²) in [7, 11) is 0. The van der Waals surface area contributed by atoms with E-state index in [0.717, 1.165) is 12.8 Å². The van der Waals surface area contributed by atoms with Crippen LogP contribution in [0.4, 0.5) is 0 Å². The Labute approximate surface area is 144 Å². The lowest BCUT2D eigenvalue weighted by Crippen LogP contribution is -2.30. The van der Waals surface area contributed by atoms with E-state index < -0.39 is 0 Å². The van der Waals surface area contributed by atoms with Gasteiger partial charge in [-0.25, -0.2) is 0 Å². The summed E-state index contributed by atoms with van der Waals surface area (Å²) < 4.78 is 0. The largest absolute Gasteiger partial charge is 0.256 e. The van der Waals surface area contributed by atoms with Gasteiger partial charge < -0.3 is 0 Å². The molecule has 122 valence electrons. The van der Waals surface area contributed by atoms with Crippen molar-refractivity contribution in [1.29, 1.82) is 0 Å². The molecule has 1 aromatic heterocycles. The Bertz CT molecular complexity index is 902. The second kappa shape index (κ2) is 5.44. The molecule has 1 heterocycles. The number of hydrogen-bond acceptors (Lipinski definition) is 1. The van der Waals surface area contributed by atoms with Gasteiger partial charge in [0.15, 0.2) is 0 Å². The fourth-order valence-corrected chi connectivity index (χ4v) is 4.70. The predicted octanol–water partition coefficient (Wildman–Crippen LogP) is 6.21. The van der Waals surface area contributed by atoms with Crippen LogP contribution in [0.2, 0.25) is 0 Å². The Morgan fingerprint density at radius 1 is 1.25 bits per heavy atom. The molecule has 0 bridgehead atoms. The lowest BCUT2D eigenvalue weighted by atomic mass is 9.63. The van der Waals surface area contributed by atoms with Crippen molar-refractivity contribution in [3.8, 4) is 0 Å². The minimum Gasteiger partial charge on any atom is -0.256 e. The number of allylic oxidation sites excluding steroid dienone is 6. The molecule has 0 saturated heterocycles. The molecule has 1 unspecified atom stereocenters. The number of rotatable bonds is 2. The average Bonchev–Trinajstić information content (AvgIpc) is 2.58. The molecular formula is C23H25N. The van der Waals surface area contributed by atoms with Gasteiger partial charge >= 0.3 is 0 Å². The van der Waals surface area contributed by atoms with Gasteiger partial charge in [-0.3, -0.25) is 4.98 Å². The molecule has 24 heavy (non-hydrogen) atoms. The van der Waals surface area contributed by atoms with Crippen molar-refractivity contribution in [2.45, 2.75) is 46.0 Å². The zero-order chi connectivity index (χ0) is 16.9. The normalized spacial score (nSPS) is 22.0. The fraction of sp³-hybridized carbons (Fsp3) is 0.348. The lowest BCUT2D eigenvalue weighted by Gasteiger charge is -2.41. The molecule has 0 radical (unpaired) electrons. The van der Waals surface area contributed by atoms with E-state index in [1.54, 1.807) is 0 Å². The van der Waals surface area contributed by atoms with Gasteiger partial charge in [-0.1, -0.05) is 55.8 Å². The number of pyridine rings is 1. The van der Waals surface area contributed by atoms with Crippen molar-refractivity contribution >= 4 is 16.3 Å². The first-order valence-corrected chi connectivity index (χ1v) is 8.97. The first-order chi connectivity index (χ1) is 11.6. The standard InChI is InChI=1S/C23H25N/c1-5-6-8-16-12-11-15(2)21-20(16)22-19-17(13-14-24-22)9-7-10-18(19)23(21,3)4/h5-7,9-11,13-14,16H,8,12H2,1-4H3. The van der Waals surface area contributed by atoms with Crippen molar-refractivity contribution in [2.75, 3.05) is 0 Å². The number of benzene rings is 1. The highest BCUT2D eigenvalue weighted by atomic mass is 14.7. The molecule has 0 saturated carbocycles. The smallest absolute Gasteiger partial charge is 0.0749 e. The van der Waals surface area contributed by atoms with Crippen LogP contribution in [-0.2, 0) is 5.41 Å². The van der Waals surface area contributed by atoms with Crippen LogP contribution in [-0.4, -0.2) is 4.98 Å². The zero-order valence-corrected chi connectivity index (χ0v) is 15.1. The van der Waals surface area contributed by atoms with E-state index in [2.05, 4.69) is 70.2 Å². The molecule has 2 aliphatic rings. The van der Waals surface area contributed by atoms with Crippen molar-refractivity contribution in [2.24, 2.45) is 5.92 Å². The Kier molecular flexibility index (Phi) is 3.49. The summed E-state index contributed by atoms with van der Waals surface area (Å²) in [5.74, 6) is 0.533. The fourth-order valence-electron chi connectivity index (χ4n) is 4.70. The maximum absolute atomic E-state index is 4.87. The van der Waals surface area contributed by atoms with Gasteiger partial charge in [0.25, 0.3) is 0 Å². The number of hydrogen-bond donors (Lipinski definition) is 0. The first-order valence-electron chi connectivity index (χ1n) is 8.97. The minimum absolute atomic E-state index is 0.0278. The Balaban J connectivity index is 2.08. The van der Waals surface area contributed by atoms with E-state index in [4.69, 9.17) is 4.98 Å². The molecule has 2 aliphatic carbocycles. The maximum Gasteiger partial charge on any atom is 0.0749 e. The Morgan fingerprint density at radius 3 is 2.88 bits per heavy atom. The third-order valence-electron chi connectivity index (χ3n) is 5.78. The van der Waals surface area contributed by atoms with Crippen molar-refractivity contribution in [1.82, 2.24) is 4.98 Å². The molecule has 0 N–H and O–H groups in total. The highest BCUT2D eigenvalue weighted by molar-refractivity contribution is 6.00. The second-order valence-electron chi connectivity index (χ2n) is 7.60. The van der Waals surface area contributed by atoms with Crippen LogP contribution < -0.4 is 0 Å². The molecule has 0 amide bonds. The van der Waals surface area contributed by atoms with Crippen LogP contribution in [0.1, 0.15) is 51.8 Å². The minimum atomic E-state index is 0.0278. The highest BCUT2D eigenvalue weighted by Crippen LogP contribution is 2.53. The van der Waals surface area contributed by atoms with Gasteiger partial charge in [-0.2, -0.15) is 0 Å². The summed E-state index contributed by atoms with van der Waals surface area (Å²) in [6.45, 7) is 9.14. The molecule has 1 aromatic carbocycles. The summed E-state index contributed by atoms with van der Waals surface area (Å²) in [5, 5.41) is 2.68. The quantitative estimate of drug-likeness (QED) is 0.600. The van der Waals surface area contributed by atoms with Crippen LogP contribution in [0.15, 0.2) is 59.8 Å². The average molecular weight is 315 g/mol. The number of fused-ring (bicyclic) bond motifs is 1. The van der Waals surface area contributed by atoms with Gasteiger partial charge in [0, 0.05) is 17.0 Å². The van der Waals surface area contributed by atoms with E-state index in [1.807, 2.05) is 6.20 Å². The van der Waals surface area contributed by atoms with Crippen LogP contribution in [0.5, 0.6) is 0 Å². The topological polar surface area (TPSA) is 12.9 Å². The Hall–Kier alpha value is -2.15. The molecule has 1 atom stereocenters. The first kappa shape index (κ1) is 15.4. The van der Waals surface area contributed by atoms with Gasteiger partial charge in [-0.05, 0) is 60.8 Å². The van der Waals surface area contributed by atoms with E-state index in [1.165, 1.54) is 38.7 Å². The molecule has 1 nitrogen and oxygen atoms in total. The molecule has 0 spiro atoms. The second-order valence-corrected chi connectivity index (χ2v) is 7.60. The van der Waals surface area contributed by atoms with Crippen LogP contribution in [0, 0.1) is 5.92 Å². The summed E-state index contributed by atoms with van der Waals surface area (Å²) in [4.78, 5) is 4.87. The third kappa shape index (κ3) is 2.04. The molecule has 0 fully saturated rings. The monoisotopic (exact) mass is 315 g/mol. The molecular weight excluding hydrogens is 290 g/mol. The molecule has 0 aliphatic heterocycles. The van der Waals surface area contributed by atoms with Crippen molar-refractivity contribution in [3.05, 3.63) is 71.1 Å². The Morgan fingerprint density at radius 2 is 2.08 bits per heavy atom. The molecule has 2 aromatic rings. The summed E-state index contributed by atoms with van der Waals surface area (Å²) >= 11 is 0. The van der Waals surface area contributed by atoms with Crippen LogP contribution in [0.25, 0.3) is 16.3 Å². The number of aromatic nitrogens is 1. The van der Waals surface area contributed by atoms with Crippen LogP contribution in [0.3, 0.4) is 0 Å². The van der Waals surface area contributed by atoms with Gasteiger partial charge in [0.2, 0.25) is 0 Å². The highest BCUT2D eigenvalue weighted by Gasteiger charge is 2.40. The van der Waals surface area contributed by atoms with E-state index in [0.29, 0.717) is 5.92 Å². The number of nitrogens with zero attached hydrogens (tertiary/aromatic N) is 1. The predicted molar refractivity (Wildman–Crippen MR) is 103 cm³/mol. The summed E-state index contributed by atoms with van der Waals surface area (Å²) in [5.41, 5.74) is 7.09. The van der Waals surface area contributed by atoms with E-state index in [9.17, 15) is 0 Å². The maximum atomic E-state index is 4.87. The van der Waals surface area contributed by atoms with Gasteiger partial charge in [0.1, 0.15) is 0 Å². The lowest BCUT2D eigenvalue weighted by molar-refractivity contribution is 0.592. The van der Waals surface area contributed by atoms with Crippen LogP contribution >= 0.6 is 0 Å². The molecule has 4 rings (SSSR count). The SMILES string of the molecule is CC=CCC1CC=C(C)C2=C1c1nccc3cccc(c13)C2(C)C. The van der Waals surface area contributed by atoms with E-state index >= 15 is 0 Å².